The lowest BCUT2D eigenvalue weighted by Gasteiger charge is -2.32. The highest BCUT2D eigenvalue weighted by Crippen LogP contribution is 2.21. The summed E-state index contributed by atoms with van der Waals surface area (Å²) in [6, 6.07) is 0. The first-order valence-corrected chi connectivity index (χ1v) is 6.93. The summed E-state index contributed by atoms with van der Waals surface area (Å²) in [5.74, 6) is 0.0306. The van der Waals surface area contributed by atoms with E-state index in [0.29, 0.717) is 39.0 Å². The molecule has 0 aromatic rings. The Labute approximate surface area is 108 Å². The van der Waals surface area contributed by atoms with Gasteiger partial charge in [-0.2, -0.15) is 0 Å². The van der Waals surface area contributed by atoms with Gasteiger partial charge in [0.25, 0.3) is 0 Å². The molecule has 1 aliphatic heterocycles. The van der Waals surface area contributed by atoms with Gasteiger partial charge < -0.3 is 15.2 Å². The van der Waals surface area contributed by atoms with E-state index in [4.69, 9.17) is 4.74 Å². The maximum absolute atomic E-state index is 11.8. The van der Waals surface area contributed by atoms with Crippen molar-refractivity contribution in [2.24, 2.45) is 0 Å². The highest BCUT2D eigenvalue weighted by atomic mass is 16.5. The Hall–Kier alpha value is -0.870. The zero-order valence-corrected chi connectivity index (χ0v) is 10.9. The van der Waals surface area contributed by atoms with Crippen LogP contribution >= 0.6 is 0 Å². The zero-order valence-electron chi connectivity index (χ0n) is 10.9. The van der Waals surface area contributed by atoms with E-state index in [-0.39, 0.29) is 5.91 Å². The molecule has 2 N–H and O–H groups in total. The monoisotopic (exact) mass is 253 g/mol. The number of hydrogen-bond donors (Lipinski definition) is 2. The van der Waals surface area contributed by atoms with Crippen molar-refractivity contribution in [2.75, 3.05) is 19.8 Å². The number of carbonyl (C=O) groups is 1. The fraction of sp³-hybridized carbons (Fsp3) is 0.786. The molecule has 0 radical (unpaired) electrons. The van der Waals surface area contributed by atoms with Crippen LogP contribution < -0.4 is 5.32 Å². The Bertz CT molecular complexity index is 319. The lowest BCUT2D eigenvalue weighted by molar-refractivity contribution is -0.123. The summed E-state index contributed by atoms with van der Waals surface area (Å²) in [7, 11) is 0. The second-order valence-electron chi connectivity index (χ2n) is 5.40. The van der Waals surface area contributed by atoms with Crippen molar-refractivity contribution < 1.29 is 14.6 Å². The van der Waals surface area contributed by atoms with Gasteiger partial charge in [0.05, 0.1) is 5.60 Å². The summed E-state index contributed by atoms with van der Waals surface area (Å²) in [6.45, 7) is 1.51. The molecule has 1 amide bonds. The molecule has 18 heavy (non-hydrogen) atoms. The molecule has 1 fully saturated rings. The summed E-state index contributed by atoms with van der Waals surface area (Å²) in [5, 5.41) is 13.1. The Kier molecular flexibility index (Phi) is 4.78. The van der Waals surface area contributed by atoms with E-state index in [9.17, 15) is 9.90 Å². The van der Waals surface area contributed by atoms with Crippen LogP contribution in [0.5, 0.6) is 0 Å². The predicted octanol–water partition coefficient (Wildman–Crippen LogP) is 1.53. The van der Waals surface area contributed by atoms with Gasteiger partial charge in [-0.1, -0.05) is 11.6 Å². The molecule has 0 aromatic carbocycles. The maximum Gasteiger partial charge on any atom is 0.224 e. The number of ether oxygens (including phenoxy) is 1. The molecule has 4 heteroatoms. The third-order valence-electron chi connectivity index (χ3n) is 3.81. The minimum atomic E-state index is -0.769. The number of hydrogen-bond acceptors (Lipinski definition) is 3. The van der Waals surface area contributed by atoms with Crippen LogP contribution in [0.3, 0.4) is 0 Å². The van der Waals surface area contributed by atoms with Crippen molar-refractivity contribution >= 4 is 5.91 Å². The van der Waals surface area contributed by atoms with Crippen LogP contribution in [0.25, 0.3) is 0 Å². The van der Waals surface area contributed by atoms with Crippen molar-refractivity contribution in [2.45, 2.75) is 50.5 Å². The third-order valence-corrected chi connectivity index (χ3v) is 3.81. The topological polar surface area (TPSA) is 58.6 Å². The highest BCUT2D eigenvalue weighted by molar-refractivity contribution is 5.78. The van der Waals surface area contributed by atoms with Gasteiger partial charge in [-0.05, 0) is 25.7 Å². The van der Waals surface area contributed by atoms with Gasteiger partial charge in [-0.25, -0.2) is 0 Å². The van der Waals surface area contributed by atoms with Crippen LogP contribution in [-0.2, 0) is 9.53 Å². The molecule has 0 bridgehead atoms. The van der Waals surface area contributed by atoms with E-state index in [1.807, 2.05) is 0 Å². The lowest BCUT2D eigenvalue weighted by atomic mass is 9.94. The second-order valence-corrected chi connectivity index (χ2v) is 5.40. The molecule has 4 nitrogen and oxygen atoms in total. The Morgan fingerprint density at radius 1 is 1.39 bits per heavy atom. The molecule has 1 aliphatic carbocycles. The predicted molar refractivity (Wildman–Crippen MR) is 69.2 cm³/mol. The fourth-order valence-electron chi connectivity index (χ4n) is 2.53. The first-order chi connectivity index (χ1) is 8.68. The molecule has 2 rings (SSSR count). The summed E-state index contributed by atoms with van der Waals surface area (Å²) >= 11 is 0. The molecule has 102 valence electrons. The van der Waals surface area contributed by atoms with E-state index in [2.05, 4.69) is 11.4 Å². The molecular weight excluding hydrogens is 230 g/mol. The second kappa shape index (κ2) is 6.34. The van der Waals surface area contributed by atoms with Crippen LogP contribution in [0, 0.1) is 0 Å². The number of nitrogens with one attached hydrogen (secondary N) is 1. The van der Waals surface area contributed by atoms with Crippen molar-refractivity contribution in [3.05, 3.63) is 11.6 Å². The fourth-order valence-corrected chi connectivity index (χ4v) is 2.53. The van der Waals surface area contributed by atoms with Crippen LogP contribution in [0.2, 0.25) is 0 Å². The molecule has 0 saturated carbocycles. The number of aliphatic hydroxyl groups is 1. The quantitative estimate of drug-likeness (QED) is 0.747. The standard InChI is InChI=1S/C14H23NO3/c16-13(10-12-4-2-1-3-5-12)15-11-14(17)6-8-18-9-7-14/h4,17H,1-3,5-11H2,(H,15,16). The third kappa shape index (κ3) is 4.10. The molecular formula is C14H23NO3. The van der Waals surface area contributed by atoms with E-state index >= 15 is 0 Å². The van der Waals surface area contributed by atoms with E-state index in [1.54, 1.807) is 0 Å². The SMILES string of the molecule is O=C(CC1=CCCCC1)NCC1(O)CCOCC1. The van der Waals surface area contributed by atoms with Crippen LogP contribution in [0.1, 0.15) is 44.9 Å². The summed E-state index contributed by atoms with van der Waals surface area (Å²) in [4.78, 5) is 11.8. The highest BCUT2D eigenvalue weighted by Gasteiger charge is 2.30. The number of rotatable bonds is 4. The minimum Gasteiger partial charge on any atom is -0.388 e. The molecule has 0 spiro atoms. The van der Waals surface area contributed by atoms with Gasteiger partial charge in [0.15, 0.2) is 0 Å². The average molecular weight is 253 g/mol. The minimum absolute atomic E-state index is 0.0306. The Balaban J connectivity index is 1.72. The molecule has 1 heterocycles. The number of carbonyl (C=O) groups excluding carboxylic acids is 1. The van der Waals surface area contributed by atoms with Crippen LogP contribution in [0.15, 0.2) is 11.6 Å². The smallest absolute Gasteiger partial charge is 0.224 e. The lowest BCUT2D eigenvalue weighted by Crippen LogP contribution is -2.46. The van der Waals surface area contributed by atoms with Crippen molar-refractivity contribution in [3.8, 4) is 0 Å². The first-order valence-electron chi connectivity index (χ1n) is 6.93. The summed E-state index contributed by atoms with van der Waals surface area (Å²) in [5.41, 5.74) is 0.479. The van der Waals surface area contributed by atoms with E-state index in [1.165, 1.54) is 18.4 Å². The molecule has 0 aromatic heterocycles. The van der Waals surface area contributed by atoms with Gasteiger partial charge in [0.1, 0.15) is 0 Å². The van der Waals surface area contributed by atoms with Gasteiger partial charge in [-0.15, -0.1) is 0 Å². The average Bonchev–Trinajstić information content (AvgIpc) is 2.39. The maximum atomic E-state index is 11.8. The number of amides is 1. The van der Waals surface area contributed by atoms with Gasteiger partial charge in [0.2, 0.25) is 5.91 Å². The van der Waals surface area contributed by atoms with Crippen LogP contribution in [0.4, 0.5) is 0 Å². The number of allylic oxidation sites excluding steroid dienone is 1. The normalized spacial score (nSPS) is 23.3. The van der Waals surface area contributed by atoms with E-state index in [0.717, 1.165) is 12.8 Å². The summed E-state index contributed by atoms with van der Waals surface area (Å²) < 4.78 is 5.21. The van der Waals surface area contributed by atoms with Gasteiger partial charge in [-0.3, -0.25) is 4.79 Å². The van der Waals surface area contributed by atoms with Crippen LogP contribution in [-0.4, -0.2) is 36.4 Å². The molecule has 0 unspecified atom stereocenters. The van der Waals surface area contributed by atoms with Crippen molar-refractivity contribution in [1.82, 2.24) is 5.32 Å². The molecule has 2 aliphatic rings. The molecule has 0 atom stereocenters. The molecule has 1 saturated heterocycles. The zero-order chi connectivity index (χ0) is 12.8. The largest absolute Gasteiger partial charge is 0.388 e. The first kappa shape index (κ1) is 13.6. The van der Waals surface area contributed by atoms with Crippen molar-refractivity contribution in [1.29, 1.82) is 0 Å². The summed E-state index contributed by atoms with van der Waals surface area (Å²) in [6.07, 6.45) is 8.48. The van der Waals surface area contributed by atoms with Crippen molar-refractivity contribution in [3.63, 3.8) is 0 Å². The Morgan fingerprint density at radius 3 is 2.83 bits per heavy atom. The van der Waals surface area contributed by atoms with Gasteiger partial charge >= 0.3 is 0 Å². The van der Waals surface area contributed by atoms with E-state index < -0.39 is 5.60 Å². The Morgan fingerprint density at radius 2 is 2.17 bits per heavy atom. The van der Waals surface area contributed by atoms with Gasteiger partial charge in [0, 0.05) is 39.0 Å².